The zero-order valence-electron chi connectivity index (χ0n) is 21.4. The molecule has 0 atom stereocenters. The van der Waals surface area contributed by atoms with Gasteiger partial charge in [0.25, 0.3) is 0 Å². The minimum Gasteiger partial charge on any atom is -0.494 e. The molecule has 0 unspecified atom stereocenters. The standard InChI is InChI=1S/C31H35ClO5/c1-2-3-4-5-6-7-8-9-22-35-28-18-12-26(13-19-28)31(34)37-29-20-14-25(15-21-29)30(33)36-23-24-10-16-27(32)17-11-24/h10-21H,2-9,22-23H2,1H3. The highest BCUT2D eigenvalue weighted by atomic mass is 35.5. The first-order chi connectivity index (χ1) is 18.0. The van der Waals surface area contributed by atoms with Crippen molar-refractivity contribution in [3.63, 3.8) is 0 Å². The average molecular weight is 523 g/mol. The van der Waals surface area contributed by atoms with Crippen LogP contribution < -0.4 is 9.47 Å². The molecule has 3 aromatic rings. The number of hydrogen-bond acceptors (Lipinski definition) is 5. The average Bonchev–Trinajstić information content (AvgIpc) is 2.92. The molecule has 6 heteroatoms. The molecule has 0 N–H and O–H groups in total. The SMILES string of the molecule is CCCCCCCCCCOc1ccc(C(=O)Oc2ccc(C(=O)OCc3ccc(Cl)cc3)cc2)cc1. The van der Waals surface area contributed by atoms with Gasteiger partial charge in [0.05, 0.1) is 17.7 Å². The van der Waals surface area contributed by atoms with E-state index in [1.54, 1.807) is 72.8 Å². The molecule has 37 heavy (non-hydrogen) atoms. The van der Waals surface area contributed by atoms with Gasteiger partial charge in [-0.25, -0.2) is 9.59 Å². The van der Waals surface area contributed by atoms with Crippen LogP contribution in [0.25, 0.3) is 0 Å². The van der Waals surface area contributed by atoms with E-state index in [1.165, 1.54) is 44.9 Å². The predicted molar refractivity (Wildman–Crippen MR) is 147 cm³/mol. The summed E-state index contributed by atoms with van der Waals surface area (Å²) in [6, 6.07) is 20.3. The zero-order valence-corrected chi connectivity index (χ0v) is 22.2. The molecule has 0 fully saturated rings. The van der Waals surface area contributed by atoms with E-state index >= 15 is 0 Å². The minimum atomic E-state index is -0.479. The van der Waals surface area contributed by atoms with Crippen LogP contribution in [0, 0.1) is 0 Å². The molecule has 0 aromatic heterocycles. The summed E-state index contributed by atoms with van der Waals surface area (Å²) in [7, 11) is 0. The quantitative estimate of drug-likeness (QED) is 0.114. The molecular weight excluding hydrogens is 488 g/mol. The molecule has 0 aliphatic heterocycles. The molecule has 0 amide bonds. The van der Waals surface area contributed by atoms with Gasteiger partial charge in [-0.05, 0) is 72.6 Å². The van der Waals surface area contributed by atoms with Gasteiger partial charge in [0.1, 0.15) is 18.1 Å². The van der Waals surface area contributed by atoms with Crippen LogP contribution in [0.5, 0.6) is 11.5 Å². The van der Waals surface area contributed by atoms with Crippen LogP contribution in [-0.2, 0) is 11.3 Å². The fraction of sp³-hybridized carbons (Fsp3) is 0.355. The molecule has 0 saturated heterocycles. The number of hydrogen-bond donors (Lipinski definition) is 0. The molecule has 0 radical (unpaired) electrons. The van der Waals surface area contributed by atoms with Gasteiger partial charge < -0.3 is 14.2 Å². The van der Waals surface area contributed by atoms with Crippen LogP contribution in [-0.4, -0.2) is 18.5 Å². The normalized spacial score (nSPS) is 10.6. The van der Waals surface area contributed by atoms with Crippen molar-refractivity contribution < 1.29 is 23.8 Å². The third-order valence-corrected chi connectivity index (χ3v) is 6.19. The Morgan fingerprint density at radius 3 is 1.81 bits per heavy atom. The van der Waals surface area contributed by atoms with Crippen LogP contribution in [0.4, 0.5) is 0 Å². The fourth-order valence-electron chi connectivity index (χ4n) is 3.75. The summed E-state index contributed by atoms with van der Waals surface area (Å²) in [6.07, 6.45) is 10.0. The van der Waals surface area contributed by atoms with Gasteiger partial charge >= 0.3 is 11.9 Å². The number of carbonyl (C=O) groups is 2. The van der Waals surface area contributed by atoms with E-state index in [0.717, 1.165) is 17.7 Å². The highest BCUT2D eigenvalue weighted by Gasteiger charge is 2.11. The maximum absolute atomic E-state index is 12.5. The number of benzene rings is 3. The third kappa shape index (κ3) is 10.3. The number of ether oxygens (including phenoxy) is 3. The molecule has 0 aliphatic rings. The first-order valence-corrected chi connectivity index (χ1v) is 13.4. The van der Waals surface area contributed by atoms with Crippen molar-refractivity contribution in [2.75, 3.05) is 6.61 Å². The van der Waals surface area contributed by atoms with Crippen molar-refractivity contribution in [1.29, 1.82) is 0 Å². The van der Waals surface area contributed by atoms with E-state index in [1.807, 2.05) is 0 Å². The summed E-state index contributed by atoms with van der Waals surface area (Å²) < 4.78 is 16.5. The maximum Gasteiger partial charge on any atom is 0.343 e. The third-order valence-electron chi connectivity index (χ3n) is 5.94. The van der Waals surface area contributed by atoms with E-state index in [2.05, 4.69) is 6.92 Å². The Bertz CT molecular complexity index is 1090. The van der Waals surface area contributed by atoms with E-state index in [0.29, 0.717) is 28.5 Å². The summed E-state index contributed by atoms with van der Waals surface area (Å²) in [5.74, 6) is 0.137. The Hall–Kier alpha value is -3.31. The van der Waals surface area contributed by atoms with Gasteiger partial charge in [-0.15, -0.1) is 0 Å². The smallest absolute Gasteiger partial charge is 0.343 e. The van der Waals surface area contributed by atoms with Crippen LogP contribution in [0.3, 0.4) is 0 Å². The molecular formula is C31H35ClO5. The highest BCUT2D eigenvalue weighted by Crippen LogP contribution is 2.18. The van der Waals surface area contributed by atoms with Crippen molar-refractivity contribution in [3.8, 4) is 11.5 Å². The second kappa shape index (κ2) is 15.7. The summed E-state index contributed by atoms with van der Waals surface area (Å²) in [5.41, 5.74) is 1.63. The number of rotatable bonds is 15. The summed E-state index contributed by atoms with van der Waals surface area (Å²) >= 11 is 5.86. The molecule has 0 saturated carbocycles. The number of carbonyl (C=O) groups excluding carboxylic acids is 2. The van der Waals surface area contributed by atoms with Crippen LogP contribution >= 0.6 is 11.6 Å². The van der Waals surface area contributed by atoms with Gasteiger partial charge in [-0.2, -0.15) is 0 Å². The Balaban J connectivity index is 1.37. The largest absolute Gasteiger partial charge is 0.494 e. The predicted octanol–water partition coefficient (Wildman–Crippen LogP) is 8.44. The van der Waals surface area contributed by atoms with Crippen molar-refractivity contribution >= 4 is 23.5 Å². The number of esters is 2. The zero-order chi connectivity index (χ0) is 26.3. The monoisotopic (exact) mass is 522 g/mol. The van der Waals surface area contributed by atoms with Crippen LogP contribution in [0.15, 0.2) is 72.8 Å². The molecule has 5 nitrogen and oxygen atoms in total. The minimum absolute atomic E-state index is 0.144. The lowest BCUT2D eigenvalue weighted by Crippen LogP contribution is -2.09. The number of unbranched alkanes of at least 4 members (excludes halogenated alkanes) is 7. The first-order valence-electron chi connectivity index (χ1n) is 13.0. The van der Waals surface area contributed by atoms with E-state index < -0.39 is 11.9 Å². The summed E-state index contributed by atoms with van der Waals surface area (Å²) in [4.78, 5) is 24.8. The Kier molecular flexibility index (Phi) is 12.0. The Labute approximate surface area is 224 Å². The van der Waals surface area contributed by atoms with Crippen molar-refractivity contribution in [3.05, 3.63) is 94.5 Å². The lowest BCUT2D eigenvalue weighted by atomic mass is 10.1. The van der Waals surface area contributed by atoms with E-state index in [4.69, 9.17) is 25.8 Å². The Morgan fingerprint density at radius 2 is 1.19 bits per heavy atom. The first kappa shape index (κ1) is 28.3. The van der Waals surface area contributed by atoms with Crippen molar-refractivity contribution in [2.24, 2.45) is 0 Å². The second-order valence-electron chi connectivity index (χ2n) is 8.96. The maximum atomic E-state index is 12.5. The van der Waals surface area contributed by atoms with Crippen LogP contribution in [0.2, 0.25) is 5.02 Å². The lowest BCUT2D eigenvalue weighted by molar-refractivity contribution is 0.0472. The van der Waals surface area contributed by atoms with Gasteiger partial charge in [0.15, 0.2) is 0 Å². The molecule has 0 aliphatic carbocycles. The fourth-order valence-corrected chi connectivity index (χ4v) is 3.88. The van der Waals surface area contributed by atoms with Gasteiger partial charge in [-0.1, -0.05) is 75.6 Å². The van der Waals surface area contributed by atoms with Gasteiger partial charge in [0, 0.05) is 5.02 Å². The molecule has 3 aromatic carbocycles. The van der Waals surface area contributed by atoms with Gasteiger partial charge in [-0.3, -0.25) is 0 Å². The topological polar surface area (TPSA) is 61.8 Å². The lowest BCUT2D eigenvalue weighted by Gasteiger charge is -2.08. The Morgan fingerprint density at radius 1 is 0.649 bits per heavy atom. The number of halogens is 1. The van der Waals surface area contributed by atoms with Gasteiger partial charge in [0.2, 0.25) is 0 Å². The summed E-state index contributed by atoms with van der Waals surface area (Å²) in [5, 5.41) is 0.624. The molecule has 0 heterocycles. The molecule has 0 bridgehead atoms. The molecule has 3 rings (SSSR count). The highest BCUT2D eigenvalue weighted by molar-refractivity contribution is 6.30. The van der Waals surface area contributed by atoms with Crippen molar-refractivity contribution in [2.45, 2.75) is 64.9 Å². The molecule has 196 valence electrons. The van der Waals surface area contributed by atoms with Crippen molar-refractivity contribution in [1.82, 2.24) is 0 Å². The van der Waals surface area contributed by atoms with E-state index in [9.17, 15) is 9.59 Å². The van der Waals surface area contributed by atoms with E-state index in [-0.39, 0.29) is 6.61 Å². The second-order valence-corrected chi connectivity index (χ2v) is 9.40. The summed E-state index contributed by atoms with van der Waals surface area (Å²) in [6.45, 7) is 3.05. The van der Waals surface area contributed by atoms with Crippen LogP contribution in [0.1, 0.15) is 84.6 Å². The molecule has 0 spiro atoms.